The first-order valence-electron chi connectivity index (χ1n) is 8.09. The monoisotopic (exact) mass is 305 g/mol. The van der Waals surface area contributed by atoms with E-state index in [0.717, 1.165) is 0 Å². The molecule has 0 spiro atoms. The van der Waals surface area contributed by atoms with Crippen LogP contribution in [0, 0.1) is 0 Å². The maximum atomic E-state index is 5.94. The summed E-state index contributed by atoms with van der Waals surface area (Å²) in [6, 6.07) is 0. The molecular formula is C16H35NO4. The molecule has 0 fully saturated rings. The Kier molecular flexibility index (Phi) is 9.65. The van der Waals surface area contributed by atoms with E-state index in [2.05, 4.69) is 5.32 Å². The molecule has 5 nitrogen and oxygen atoms in total. The van der Waals surface area contributed by atoms with E-state index in [-0.39, 0.29) is 12.2 Å². The van der Waals surface area contributed by atoms with Gasteiger partial charge in [0, 0.05) is 26.4 Å². The van der Waals surface area contributed by atoms with E-state index < -0.39 is 11.4 Å². The van der Waals surface area contributed by atoms with Crippen molar-refractivity contribution < 1.29 is 18.9 Å². The Morgan fingerprint density at radius 3 is 1.29 bits per heavy atom. The molecule has 0 aromatic carbocycles. The predicted octanol–water partition coefficient (Wildman–Crippen LogP) is 2.93. The normalized spacial score (nSPS) is 20.6. The van der Waals surface area contributed by atoms with Crippen LogP contribution in [-0.4, -0.2) is 50.1 Å². The van der Waals surface area contributed by atoms with Crippen molar-refractivity contribution in [3.8, 4) is 0 Å². The molecule has 128 valence electrons. The van der Waals surface area contributed by atoms with Crippen LogP contribution in [0.1, 0.15) is 55.4 Å². The molecule has 0 aliphatic heterocycles. The summed E-state index contributed by atoms with van der Waals surface area (Å²) in [5.74, 6) is 0. The average Bonchev–Trinajstić information content (AvgIpc) is 2.39. The second-order valence-electron chi connectivity index (χ2n) is 5.40. The second-order valence-corrected chi connectivity index (χ2v) is 5.40. The highest BCUT2D eigenvalue weighted by Crippen LogP contribution is 2.24. The van der Waals surface area contributed by atoms with Crippen molar-refractivity contribution in [2.24, 2.45) is 0 Å². The SMILES string of the molecule is CCOC(C)C(C)(NC(C)(OCC)C(C)OCC)OCC. The summed E-state index contributed by atoms with van der Waals surface area (Å²) in [6.45, 7) is 18.4. The molecule has 1 N–H and O–H groups in total. The molecule has 0 heterocycles. The van der Waals surface area contributed by atoms with Crippen LogP contribution in [0.2, 0.25) is 0 Å². The molecule has 5 heteroatoms. The molecule has 0 aliphatic carbocycles. The standard InChI is InChI=1S/C16H35NO4/c1-9-18-13(5)15(7,20-11-3)17-16(8,21-12-4)14(6)19-10-2/h13-14,17H,9-12H2,1-8H3. The molecule has 0 aromatic heterocycles. The van der Waals surface area contributed by atoms with Gasteiger partial charge in [-0.2, -0.15) is 0 Å². The molecule has 0 radical (unpaired) electrons. The third kappa shape index (κ3) is 6.20. The zero-order valence-corrected chi connectivity index (χ0v) is 15.1. The molecule has 0 rings (SSSR count). The summed E-state index contributed by atoms with van der Waals surface area (Å²) in [5.41, 5.74) is -1.31. The van der Waals surface area contributed by atoms with Gasteiger partial charge in [0.15, 0.2) is 0 Å². The molecular weight excluding hydrogens is 270 g/mol. The molecule has 4 unspecified atom stereocenters. The minimum Gasteiger partial charge on any atom is -0.374 e. The van der Waals surface area contributed by atoms with Crippen molar-refractivity contribution in [1.29, 1.82) is 0 Å². The van der Waals surface area contributed by atoms with Crippen molar-refractivity contribution in [1.82, 2.24) is 5.32 Å². The highest BCUT2D eigenvalue weighted by atomic mass is 16.6. The highest BCUT2D eigenvalue weighted by molar-refractivity contribution is 4.90. The first kappa shape index (κ1) is 20.8. The van der Waals surface area contributed by atoms with Gasteiger partial charge >= 0.3 is 0 Å². The van der Waals surface area contributed by atoms with Crippen molar-refractivity contribution in [2.45, 2.75) is 79.0 Å². The largest absolute Gasteiger partial charge is 0.374 e. The van der Waals surface area contributed by atoms with Crippen LogP contribution < -0.4 is 5.32 Å². The van der Waals surface area contributed by atoms with E-state index in [0.29, 0.717) is 26.4 Å². The Morgan fingerprint density at radius 1 is 0.714 bits per heavy atom. The van der Waals surface area contributed by atoms with E-state index in [1.165, 1.54) is 0 Å². The van der Waals surface area contributed by atoms with Gasteiger partial charge < -0.3 is 18.9 Å². The lowest BCUT2D eigenvalue weighted by atomic mass is 10.0. The smallest absolute Gasteiger partial charge is 0.144 e. The number of rotatable bonds is 12. The molecule has 0 aromatic rings. The van der Waals surface area contributed by atoms with Crippen LogP contribution >= 0.6 is 0 Å². The van der Waals surface area contributed by atoms with Gasteiger partial charge in [-0.05, 0) is 55.4 Å². The van der Waals surface area contributed by atoms with Gasteiger partial charge in [-0.25, -0.2) is 0 Å². The lowest BCUT2D eigenvalue weighted by Gasteiger charge is -2.45. The fourth-order valence-electron chi connectivity index (χ4n) is 2.42. The summed E-state index contributed by atoms with van der Waals surface area (Å²) in [7, 11) is 0. The Labute approximate surface area is 130 Å². The Bertz CT molecular complexity index is 251. The van der Waals surface area contributed by atoms with E-state index in [1.807, 2.05) is 55.4 Å². The summed E-state index contributed by atoms with van der Waals surface area (Å²) < 4.78 is 23.4. The second kappa shape index (κ2) is 9.74. The maximum Gasteiger partial charge on any atom is 0.144 e. The lowest BCUT2D eigenvalue weighted by Crippen LogP contribution is -2.66. The Hall–Kier alpha value is -0.200. The van der Waals surface area contributed by atoms with E-state index in [9.17, 15) is 0 Å². The average molecular weight is 305 g/mol. The van der Waals surface area contributed by atoms with Crippen LogP contribution in [0.5, 0.6) is 0 Å². The summed E-state index contributed by atoms with van der Waals surface area (Å²) in [5, 5.41) is 3.48. The van der Waals surface area contributed by atoms with Crippen molar-refractivity contribution in [2.75, 3.05) is 26.4 Å². The lowest BCUT2D eigenvalue weighted by molar-refractivity contribution is -0.220. The molecule has 4 atom stereocenters. The van der Waals surface area contributed by atoms with Gasteiger partial charge in [-0.15, -0.1) is 0 Å². The van der Waals surface area contributed by atoms with E-state index in [1.54, 1.807) is 0 Å². The first-order chi connectivity index (χ1) is 9.79. The van der Waals surface area contributed by atoms with Gasteiger partial charge in [0.2, 0.25) is 0 Å². The maximum absolute atomic E-state index is 5.94. The van der Waals surface area contributed by atoms with Crippen LogP contribution in [0.3, 0.4) is 0 Å². The van der Waals surface area contributed by atoms with Crippen molar-refractivity contribution >= 4 is 0 Å². The molecule has 0 amide bonds. The Balaban J connectivity index is 5.20. The summed E-state index contributed by atoms with van der Waals surface area (Å²) >= 11 is 0. The quantitative estimate of drug-likeness (QED) is 0.562. The third-order valence-electron chi connectivity index (χ3n) is 3.77. The molecule has 0 bridgehead atoms. The van der Waals surface area contributed by atoms with Crippen LogP contribution in [-0.2, 0) is 18.9 Å². The molecule has 0 aliphatic rings. The highest BCUT2D eigenvalue weighted by Gasteiger charge is 2.43. The number of hydrogen-bond donors (Lipinski definition) is 1. The predicted molar refractivity (Wildman–Crippen MR) is 85.4 cm³/mol. The number of nitrogens with one attached hydrogen (secondary N) is 1. The molecule has 0 saturated heterocycles. The minimum atomic E-state index is -0.653. The summed E-state index contributed by atoms with van der Waals surface area (Å²) in [6.07, 6.45) is -0.230. The first-order valence-corrected chi connectivity index (χ1v) is 8.09. The number of hydrogen-bond acceptors (Lipinski definition) is 5. The topological polar surface area (TPSA) is 49.0 Å². The van der Waals surface area contributed by atoms with Gasteiger partial charge in [0.05, 0.1) is 12.2 Å². The zero-order chi connectivity index (χ0) is 16.5. The summed E-state index contributed by atoms with van der Waals surface area (Å²) in [4.78, 5) is 0. The van der Waals surface area contributed by atoms with Gasteiger partial charge in [0.1, 0.15) is 11.4 Å². The van der Waals surface area contributed by atoms with Crippen LogP contribution in [0.4, 0.5) is 0 Å². The zero-order valence-electron chi connectivity index (χ0n) is 15.1. The molecule has 21 heavy (non-hydrogen) atoms. The molecule has 0 saturated carbocycles. The van der Waals surface area contributed by atoms with Crippen LogP contribution in [0.15, 0.2) is 0 Å². The number of ether oxygens (including phenoxy) is 4. The minimum absolute atomic E-state index is 0.115. The van der Waals surface area contributed by atoms with Gasteiger partial charge in [0.25, 0.3) is 0 Å². The van der Waals surface area contributed by atoms with Crippen molar-refractivity contribution in [3.63, 3.8) is 0 Å². The third-order valence-corrected chi connectivity index (χ3v) is 3.77. The van der Waals surface area contributed by atoms with E-state index >= 15 is 0 Å². The van der Waals surface area contributed by atoms with Crippen molar-refractivity contribution in [3.05, 3.63) is 0 Å². The van der Waals surface area contributed by atoms with E-state index in [4.69, 9.17) is 18.9 Å². The Morgan fingerprint density at radius 2 is 1.05 bits per heavy atom. The van der Waals surface area contributed by atoms with Gasteiger partial charge in [-0.1, -0.05) is 0 Å². The van der Waals surface area contributed by atoms with Gasteiger partial charge in [-0.3, -0.25) is 5.32 Å². The fourth-order valence-corrected chi connectivity index (χ4v) is 2.42. The fraction of sp³-hybridized carbons (Fsp3) is 1.00. The van der Waals surface area contributed by atoms with Crippen LogP contribution in [0.25, 0.3) is 0 Å².